The van der Waals surface area contributed by atoms with Crippen molar-refractivity contribution in [2.75, 3.05) is 6.61 Å². The molecule has 1 aliphatic rings. The second-order valence-electron chi connectivity index (χ2n) is 4.23. The first-order chi connectivity index (χ1) is 7.81. The lowest BCUT2D eigenvalue weighted by Crippen LogP contribution is -2.15. The molecular formula is C12H17FN2O. The molecule has 0 saturated heterocycles. The first-order valence-electron chi connectivity index (χ1n) is 5.77. The lowest BCUT2D eigenvalue weighted by molar-refractivity contribution is 0.211. The Hall–Kier alpha value is -1.16. The van der Waals surface area contributed by atoms with Crippen LogP contribution in [0.3, 0.4) is 0 Å². The first-order valence-corrected chi connectivity index (χ1v) is 5.77. The largest absolute Gasteiger partial charge is 0.476 e. The number of nitrogens with two attached hydrogens (primary N) is 1. The highest BCUT2D eigenvalue weighted by Crippen LogP contribution is 2.29. The van der Waals surface area contributed by atoms with Crippen molar-refractivity contribution >= 4 is 0 Å². The summed E-state index contributed by atoms with van der Waals surface area (Å²) in [5.74, 6) is 0.432. The molecule has 2 N–H and O–H groups in total. The third kappa shape index (κ3) is 2.50. The van der Waals surface area contributed by atoms with Crippen LogP contribution >= 0.6 is 0 Å². The lowest BCUT2D eigenvalue weighted by Gasteiger charge is -2.24. The molecule has 3 nitrogen and oxygen atoms in total. The Labute approximate surface area is 94.8 Å². The summed E-state index contributed by atoms with van der Waals surface area (Å²) in [7, 11) is 0. The number of rotatable bonds is 5. The van der Waals surface area contributed by atoms with E-state index in [-0.39, 0.29) is 12.4 Å². The predicted octanol–water partition coefficient (Wildman–Crippen LogP) is 2.25. The zero-order valence-corrected chi connectivity index (χ0v) is 9.29. The van der Waals surface area contributed by atoms with E-state index in [2.05, 4.69) is 4.98 Å². The van der Waals surface area contributed by atoms with Gasteiger partial charge in [-0.2, -0.15) is 0 Å². The van der Waals surface area contributed by atoms with Gasteiger partial charge in [-0.3, -0.25) is 0 Å². The lowest BCUT2D eigenvalue weighted by atomic mass is 9.83. The van der Waals surface area contributed by atoms with Crippen molar-refractivity contribution in [2.45, 2.75) is 32.2 Å². The summed E-state index contributed by atoms with van der Waals surface area (Å²) in [6.45, 7) is 0.718. The van der Waals surface area contributed by atoms with Crippen LogP contribution in [-0.4, -0.2) is 11.6 Å². The van der Waals surface area contributed by atoms with Gasteiger partial charge in [0.1, 0.15) is 0 Å². The van der Waals surface area contributed by atoms with E-state index in [9.17, 15) is 4.39 Å². The van der Waals surface area contributed by atoms with Crippen LogP contribution in [0.4, 0.5) is 4.39 Å². The Kier molecular flexibility index (Phi) is 3.72. The van der Waals surface area contributed by atoms with Gasteiger partial charge in [-0.05, 0) is 18.4 Å². The van der Waals surface area contributed by atoms with Crippen LogP contribution in [0.2, 0.25) is 0 Å². The Balaban J connectivity index is 1.87. The zero-order valence-electron chi connectivity index (χ0n) is 9.29. The molecule has 4 heteroatoms. The van der Waals surface area contributed by atoms with Crippen LogP contribution in [0.5, 0.6) is 5.88 Å². The van der Waals surface area contributed by atoms with Gasteiger partial charge in [0, 0.05) is 18.3 Å². The number of ether oxygens (including phenoxy) is 1. The minimum atomic E-state index is -0.418. The molecule has 0 atom stereocenters. The van der Waals surface area contributed by atoms with E-state index < -0.39 is 5.82 Å². The van der Waals surface area contributed by atoms with Crippen molar-refractivity contribution in [1.82, 2.24) is 4.98 Å². The van der Waals surface area contributed by atoms with Crippen LogP contribution in [-0.2, 0) is 6.54 Å². The molecule has 1 fully saturated rings. The van der Waals surface area contributed by atoms with Crippen molar-refractivity contribution in [2.24, 2.45) is 11.7 Å². The Morgan fingerprint density at radius 2 is 2.31 bits per heavy atom. The predicted molar refractivity (Wildman–Crippen MR) is 59.5 cm³/mol. The van der Waals surface area contributed by atoms with E-state index in [0.717, 1.165) is 12.3 Å². The number of nitrogens with zero attached hydrogens (tertiary/aromatic N) is 1. The highest BCUT2D eigenvalue weighted by atomic mass is 19.1. The molecule has 0 amide bonds. The maximum atomic E-state index is 13.6. The fraction of sp³-hybridized carbons (Fsp3) is 0.583. The summed E-state index contributed by atoms with van der Waals surface area (Å²) in [6, 6.07) is 1.58. The SMILES string of the molecule is NCc1ccnc(OCCC2CCC2)c1F. The van der Waals surface area contributed by atoms with Gasteiger partial charge in [0.2, 0.25) is 0 Å². The summed E-state index contributed by atoms with van der Waals surface area (Å²) in [5.41, 5.74) is 5.86. The molecule has 1 aliphatic carbocycles. The molecule has 0 radical (unpaired) electrons. The average molecular weight is 224 g/mol. The highest BCUT2D eigenvalue weighted by molar-refractivity contribution is 5.23. The van der Waals surface area contributed by atoms with Crippen molar-refractivity contribution in [3.63, 3.8) is 0 Å². The van der Waals surface area contributed by atoms with Crippen LogP contribution in [0.1, 0.15) is 31.2 Å². The van der Waals surface area contributed by atoms with Crippen molar-refractivity contribution in [1.29, 1.82) is 0 Å². The van der Waals surface area contributed by atoms with E-state index in [1.807, 2.05) is 0 Å². The molecule has 16 heavy (non-hydrogen) atoms. The van der Waals surface area contributed by atoms with Crippen LogP contribution < -0.4 is 10.5 Å². The van der Waals surface area contributed by atoms with Gasteiger partial charge < -0.3 is 10.5 Å². The first kappa shape index (κ1) is 11.3. The number of hydrogen-bond acceptors (Lipinski definition) is 3. The molecule has 0 aromatic carbocycles. The third-order valence-corrected chi connectivity index (χ3v) is 3.15. The minimum absolute atomic E-state index is 0.0854. The third-order valence-electron chi connectivity index (χ3n) is 3.15. The van der Waals surface area contributed by atoms with Crippen LogP contribution in [0.15, 0.2) is 12.3 Å². The van der Waals surface area contributed by atoms with Gasteiger partial charge in [-0.25, -0.2) is 9.37 Å². The molecule has 0 spiro atoms. The van der Waals surface area contributed by atoms with Gasteiger partial charge in [0.05, 0.1) is 6.61 Å². The molecule has 88 valence electrons. The van der Waals surface area contributed by atoms with Gasteiger partial charge in [-0.1, -0.05) is 19.3 Å². The summed E-state index contributed by atoms with van der Waals surface area (Å²) >= 11 is 0. The summed E-state index contributed by atoms with van der Waals surface area (Å²) in [5, 5.41) is 0. The second-order valence-corrected chi connectivity index (χ2v) is 4.23. The van der Waals surface area contributed by atoms with Gasteiger partial charge in [0.25, 0.3) is 5.88 Å². The normalized spacial score (nSPS) is 15.9. The fourth-order valence-electron chi connectivity index (χ4n) is 1.82. The Morgan fingerprint density at radius 3 is 2.94 bits per heavy atom. The maximum absolute atomic E-state index is 13.6. The molecule has 0 aliphatic heterocycles. The average Bonchev–Trinajstić information content (AvgIpc) is 2.24. The molecule has 1 saturated carbocycles. The molecule has 0 bridgehead atoms. The number of pyridine rings is 1. The van der Waals surface area contributed by atoms with Gasteiger partial charge >= 0.3 is 0 Å². The quantitative estimate of drug-likeness (QED) is 0.834. The van der Waals surface area contributed by atoms with E-state index in [4.69, 9.17) is 10.5 Å². The monoisotopic (exact) mass is 224 g/mol. The van der Waals surface area contributed by atoms with Crippen molar-refractivity contribution < 1.29 is 9.13 Å². The zero-order chi connectivity index (χ0) is 11.4. The topological polar surface area (TPSA) is 48.1 Å². The number of halogens is 1. The Bertz CT molecular complexity index is 353. The molecule has 1 aromatic heterocycles. The summed E-state index contributed by atoms with van der Waals surface area (Å²) < 4.78 is 19.0. The number of aromatic nitrogens is 1. The summed E-state index contributed by atoms with van der Waals surface area (Å²) in [4.78, 5) is 3.87. The van der Waals surface area contributed by atoms with E-state index in [1.54, 1.807) is 6.07 Å². The second kappa shape index (κ2) is 5.25. The maximum Gasteiger partial charge on any atom is 0.250 e. The van der Waals surface area contributed by atoms with E-state index in [1.165, 1.54) is 25.5 Å². The standard InChI is InChI=1S/C12H17FN2O/c13-11-10(8-14)4-6-15-12(11)16-7-5-9-2-1-3-9/h4,6,9H,1-3,5,7-8,14H2. The van der Waals surface area contributed by atoms with Crippen molar-refractivity contribution in [3.05, 3.63) is 23.6 Å². The van der Waals surface area contributed by atoms with Gasteiger partial charge in [-0.15, -0.1) is 0 Å². The number of hydrogen-bond donors (Lipinski definition) is 1. The molecular weight excluding hydrogens is 207 g/mol. The van der Waals surface area contributed by atoms with E-state index >= 15 is 0 Å². The van der Waals surface area contributed by atoms with Gasteiger partial charge in [0.15, 0.2) is 5.82 Å². The summed E-state index contributed by atoms with van der Waals surface area (Å²) in [6.07, 6.45) is 6.40. The highest BCUT2D eigenvalue weighted by Gasteiger charge is 2.17. The van der Waals surface area contributed by atoms with Crippen LogP contribution in [0.25, 0.3) is 0 Å². The smallest absolute Gasteiger partial charge is 0.250 e. The molecule has 1 heterocycles. The van der Waals surface area contributed by atoms with Crippen LogP contribution in [0, 0.1) is 11.7 Å². The fourth-order valence-corrected chi connectivity index (χ4v) is 1.82. The molecule has 1 aromatic rings. The van der Waals surface area contributed by atoms with Crippen molar-refractivity contribution in [3.8, 4) is 5.88 Å². The van der Waals surface area contributed by atoms with E-state index in [0.29, 0.717) is 12.2 Å². The minimum Gasteiger partial charge on any atom is -0.476 e. The molecule has 2 rings (SSSR count). The molecule has 0 unspecified atom stereocenters. The Morgan fingerprint density at radius 1 is 1.50 bits per heavy atom.